The molecule has 2 atom stereocenters. The van der Waals surface area contributed by atoms with E-state index in [-0.39, 0.29) is 12.0 Å². The Balaban J connectivity index is 3.16. The second-order valence-corrected chi connectivity index (χ2v) is 4.87. The maximum absolute atomic E-state index is 9.85. The van der Waals surface area contributed by atoms with E-state index in [1.54, 1.807) is 0 Å². The van der Waals surface area contributed by atoms with E-state index in [0.29, 0.717) is 5.92 Å². The normalized spacial score (nSPS) is 15.4. The van der Waals surface area contributed by atoms with Gasteiger partial charge in [-0.1, -0.05) is 37.6 Å². The molecule has 84 valence electrons. The highest BCUT2D eigenvalue weighted by Crippen LogP contribution is 2.30. The third-order valence-electron chi connectivity index (χ3n) is 3.03. The molecular formula is C14H22O. The summed E-state index contributed by atoms with van der Waals surface area (Å²) in [6.07, 6.45) is -0.287. The molecule has 0 bridgehead atoms. The molecule has 0 amide bonds. The number of aryl methyl sites for hydroxylation is 2. The molecule has 0 unspecified atom stereocenters. The molecule has 1 nitrogen and oxygen atoms in total. The average molecular weight is 206 g/mol. The molecule has 0 aromatic heterocycles. The fraction of sp³-hybridized carbons (Fsp3) is 0.571. The third kappa shape index (κ3) is 2.82. The molecule has 1 heteroatoms. The summed E-state index contributed by atoms with van der Waals surface area (Å²) in [5.41, 5.74) is 3.84. The van der Waals surface area contributed by atoms with Gasteiger partial charge in [-0.15, -0.1) is 0 Å². The summed E-state index contributed by atoms with van der Waals surface area (Å²) >= 11 is 0. The Kier molecular flexibility index (Phi) is 3.92. The van der Waals surface area contributed by atoms with E-state index in [1.165, 1.54) is 16.7 Å². The van der Waals surface area contributed by atoms with Gasteiger partial charge in [0.2, 0.25) is 0 Å². The van der Waals surface area contributed by atoms with Crippen LogP contribution in [0.1, 0.15) is 43.4 Å². The molecule has 1 aromatic rings. The van der Waals surface area contributed by atoms with E-state index in [4.69, 9.17) is 0 Å². The monoisotopic (exact) mass is 206 g/mol. The van der Waals surface area contributed by atoms with Gasteiger partial charge in [0, 0.05) is 5.92 Å². The zero-order valence-electron chi connectivity index (χ0n) is 10.4. The maximum Gasteiger partial charge on any atom is 0.0583 e. The molecule has 15 heavy (non-hydrogen) atoms. The van der Waals surface area contributed by atoms with E-state index >= 15 is 0 Å². The minimum Gasteiger partial charge on any atom is -0.393 e. The van der Waals surface area contributed by atoms with Crippen molar-refractivity contribution in [2.45, 2.75) is 46.6 Å². The summed E-state index contributed by atoms with van der Waals surface area (Å²) in [6, 6.07) is 6.47. The van der Waals surface area contributed by atoms with Gasteiger partial charge in [-0.2, -0.15) is 0 Å². The molecule has 0 spiro atoms. The van der Waals surface area contributed by atoms with Crippen molar-refractivity contribution in [1.82, 2.24) is 0 Å². The number of hydrogen-bond donors (Lipinski definition) is 1. The van der Waals surface area contributed by atoms with E-state index < -0.39 is 0 Å². The molecular weight excluding hydrogens is 184 g/mol. The van der Waals surface area contributed by atoms with E-state index in [9.17, 15) is 5.11 Å². The first-order chi connectivity index (χ1) is 6.93. The van der Waals surface area contributed by atoms with Crippen molar-refractivity contribution in [2.24, 2.45) is 5.92 Å². The van der Waals surface area contributed by atoms with Crippen molar-refractivity contribution in [1.29, 1.82) is 0 Å². The Bertz CT molecular complexity index is 318. The minimum atomic E-state index is -0.287. The zero-order chi connectivity index (χ0) is 11.6. The topological polar surface area (TPSA) is 20.2 Å². The Hall–Kier alpha value is -0.820. The van der Waals surface area contributed by atoms with Crippen LogP contribution in [0.15, 0.2) is 18.2 Å². The Morgan fingerprint density at radius 2 is 1.67 bits per heavy atom. The Morgan fingerprint density at radius 3 is 2.13 bits per heavy atom. The van der Waals surface area contributed by atoms with Crippen LogP contribution in [0.5, 0.6) is 0 Å². The van der Waals surface area contributed by atoms with Gasteiger partial charge < -0.3 is 5.11 Å². The lowest BCUT2D eigenvalue weighted by molar-refractivity contribution is 0.140. The lowest BCUT2D eigenvalue weighted by Crippen LogP contribution is -2.21. The van der Waals surface area contributed by atoms with Gasteiger partial charge in [0.05, 0.1) is 6.10 Å². The van der Waals surface area contributed by atoms with Crippen molar-refractivity contribution in [3.05, 3.63) is 34.9 Å². The van der Waals surface area contributed by atoms with Gasteiger partial charge >= 0.3 is 0 Å². The van der Waals surface area contributed by atoms with Crippen molar-refractivity contribution in [3.8, 4) is 0 Å². The third-order valence-corrected chi connectivity index (χ3v) is 3.03. The van der Waals surface area contributed by atoms with Crippen molar-refractivity contribution in [2.75, 3.05) is 0 Å². The molecule has 1 aromatic carbocycles. The standard InChI is InChI=1S/C14H22O/c1-9(2)14(12(5)15)13-8-10(3)6-7-11(13)4/h6-9,12,14-15H,1-5H3/t12-,14-/m1/s1. The molecule has 0 aliphatic carbocycles. The highest BCUT2D eigenvalue weighted by Gasteiger charge is 2.22. The van der Waals surface area contributed by atoms with Gasteiger partial charge in [0.25, 0.3) is 0 Å². The lowest BCUT2D eigenvalue weighted by Gasteiger charge is -2.26. The fourth-order valence-electron chi connectivity index (χ4n) is 2.30. The molecule has 0 aliphatic rings. The van der Waals surface area contributed by atoms with E-state index in [1.807, 2.05) is 6.92 Å². The van der Waals surface area contributed by atoms with Crippen LogP contribution in [0.4, 0.5) is 0 Å². The Labute approximate surface area is 93.1 Å². The van der Waals surface area contributed by atoms with Crippen LogP contribution < -0.4 is 0 Å². The van der Waals surface area contributed by atoms with Crippen LogP contribution in [0.3, 0.4) is 0 Å². The number of aliphatic hydroxyl groups is 1. The van der Waals surface area contributed by atoms with Gasteiger partial charge in [0.1, 0.15) is 0 Å². The van der Waals surface area contributed by atoms with Crippen LogP contribution in [0.25, 0.3) is 0 Å². The highest BCUT2D eigenvalue weighted by atomic mass is 16.3. The summed E-state index contributed by atoms with van der Waals surface area (Å²) < 4.78 is 0. The largest absolute Gasteiger partial charge is 0.393 e. The van der Waals surface area contributed by atoms with E-state index in [2.05, 4.69) is 45.9 Å². The van der Waals surface area contributed by atoms with Gasteiger partial charge in [-0.05, 0) is 37.8 Å². The first kappa shape index (κ1) is 12.3. The second-order valence-electron chi connectivity index (χ2n) is 4.87. The van der Waals surface area contributed by atoms with E-state index in [0.717, 1.165) is 0 Å². The Morgan fingerprint density at radius 1 is 1.07 bits per heavy atom. The van der Waals surface area contributed by atoms with Crippen molar-refractivity contribution in [3.63, 3.8) is 0 Å². The molecule has 0 aliphatic heterocycles. The molecule has 0 saturated carbocycles. The fourth-order valence-corrected chi connectivity index (χ4v) is 2.30. The summed E-state index contributed by atoms with van der Waals surface area (Å²) in [4.78, 5) is 0. The summed E-state index contributed by atoms with van der Waals surface area (Å²) in [5, 5.41) is 9.85. The predicted octanol–water partition coefficient (Wildman–Crippen LogP) is 3.42. The van der Waals surface area contributed by atoms with Crippen LogP contribution in [0.2, 0.25) is 0 Å². The average Bonchev–Trinajstić information content (AvgIpc) is 2.10. The van der Waals surface area contributed by atoms with Crippen molar-refractivity contribution >= 4 is 0 Å². The highest BCUT2D eigenvalue weighted by molar-refractivity contribution is 5.34. The SMILES string of the molecule is Cc1ccc(C)c([C@H](C(C)C)[C@@H](C)O)c1. The maximum atomic E-state index is 9.85. The lowest BCUT2D eigenvalue weighted by atomic mass is 9.82. The van der Waals surface area contributed by atoms with Gasteiger partial charge in [-0.3, -0.25) is 0 Å². The van der Waals surface area contributed by atoms with Gasteiger partial charge in [0.15, 0.2) is 0 Å². The molecule has 0 fully saturated rings. The number of hydrogen-bond acceptors (Lipinski definition) is 1. The molecule has 1 N–H and O–H groups in total. The number of rotatable bonds is 3. The second kappa shape index (κ2) is 4.80. The summed E-state index contributed by atoms with van der Waals surface area (Å²) in [6.45, 7) is 10.4. The zero-order valence-corrected chi connectivity index (χ0v) is 10.4. The number of benzene rings is 1. The first-order valence-electron chi connectivity index (χ1n) is 5.68. The van der Waals surface area contributed by atoms with Crippen LogP contribution in [-0.4, -0.2) is 11.2 Å². The van der Waals surface area contributed by atoms with Crippen LogP contribution in [0, 0.1) is 19.8 Å². The molecule has 0 saturated heterocycles. The summed E-state index contributed by atoms with van der Waals surface area (Å²) in [7, 11) is 0. The van der Waals surface area contributed by atoms with Crippen LogP contribution >= 0.6 is 0 Å². The summed E-state index contributed by atoms with van der Waals surface area (Å²) in [5.74, 6) is 0.704. The smallest absolute Gasteiger partial charge is 0.0583 e. The quantitative estimate of drug-likeness (QED) is 0.803. The first-order valence-corrected chi connectivity index (χ1v) is 5.68. The predicted molar refractivity (Wildman–Crippen MR) is 65.2 cm³/mol. The van der Waals surface area contributed by atoms with Gasteiger partial charge in [-0.25, -0.2) is 0 Å². The number of aliphatic hydroxyl groups excluding tert-OH is 1. The molecule has 0 heterocycles. The van der Waals surface area contributed by atoms with Crippen molar-refractivity contribution < 1.29 is 5.11 Å². The molecule has 0 radical (unpaired) electrons. The minimum absolute atomic E-state index is 0.241. The molecule has 1 rings (SSSR count). The van der Waals surface area contributed by atoms with Crippen LogP contribution in [-0.2, 0) is 0 Å².